The summed E-state index contributed by atoms with van der Waals surface area (Å²) < 4.78 is 0. The fourth-order valence-corrected chi connectivity index (χ4v) is 6.81. The summed E-state index contributed by atoms with van der Waals surface area (Å²) in [5, 5.41) is 7.19. The zero-order chi connectivity index (χ0) is 21.7. The number of hydrogen-bond acceptors (Lipinski definition) is 0. The van der Waals surface area contributed by atoms with Crippen molar-refractivity contribution in [1.29, 1.82) is 0 Å². The van der Waals surface area contributed by atoms with Gasteiger partial charge in [0.1, 0.15) is 0 Å². The predicted molar refractivity (Wildman–Crippen MR) is 144 cm³/mol. The van der Waals surface area contributed by atoms with Crippen molar-refractivity contribution in [3.8, 4) is 0 Å². The van der Waals surface area contributed by atoms with E-state index in [-0.39, 0.29) is 54.5 Å². The molecule has 182 valence electrons. The van der Waals surface area contributed by atoms with Crippen LogP contribution in [0.4, 0.5) is 0 Å². The Morgan fingerprint density at radius 1 is 0.647 bits per heavy atom. The van der Waals surface area contributed by atoms with Crippen LogP contribution in [-0.2, 0) is 21.7 Å². The van der Waals surface area contributed by atoms with Crippen molar-refractivity contribution in [1.82, 2.24) is 0 Å². The molecule has 0 saturated heterocycles. The molecule has 0 heterocycles. The minimum atomic E-state index is 0. The van der Waals surface area contributed by atoms with Gasteiger partial charge in [-0.05, 0) is 25.2 Å². The van der Waals surface area contributed by atoms with E-state index < -0.39 is 0 Å². The van der Waals surface area contributed by atoms with Crippen molar-refractivity contribution >= 4 is 34.8 Å². The quantitative estimate of drug-likeness (QED) is 0.117. The topological polar surface area (TPSA) is 0 Å². The van der Waals surface area contributed by atoms with Crippen LogP contribution >= 0.6 is 7.92 Å². The van der Waals surface area contributed by atoms with Crippen LogP contribution in [0.15, 0.2) is 78.9 Å². The van der Waals surface area contributed by atoms with Crippen LogP contribution in [0.1, 0.15) is 65.2 Å². The van der Waals surface area contributed by atoms with Crippen molar-refractivity contribution in [3.05, 3.63) is 78.9 Å². The molecule has 0 nitrogen and oxygen atoms in total. The molecule has 4 heteroatoms. The Balaban J connectivity index is 0.000000764. The molecule has 0 spiro atoms. The van der Waals surface area contributed by atoms with E-state index in [0.29, 0.717) is 0 Å². The summed E-state index contributed by atoms with van der Waals surface area (Å²) >= 11 is 0. The third-order valence-electron chi connectivity index (χ3n) is 6.08. The molecule has 34 heavy (non-hydrogen) atoms. The van der Waals surface area contributed by atoms with Crippen molar-refractivity contribution in [3.63, 3.8) is 0 Å². The predicted octanol–water partition coefficient (Wildman–Crippen LogP) is 3.39. The first-order chi connectivity index (χ1) is 15.3. The number of hydrogen-bond donors (Lipinski definition) is 0. The third kappa shape index (κ3) is 11.0. The molecule has 4 aromatic rings. The van der Waals surface area contributed by atoms with Crippen LogP contribution in [-0.4, -0.2) is 12.3 Å². The second kappa shape index (κ2) is 19.6. The van der Waals surface area contributed by atoms with Gasteiger partial charge in [-0.25, -0.2) is 0 Å². The summed E-state index contributed by atoms with van der Waals surface area (Å²) in [7, 11) is 0.0642. The summed E-state index contributed by atoms with van der Waals surface area (Å²) in [5.74, 6) is 0. The van der Waals surface area contributed by atoms with Crippen LogP contribution in [0, 0.1) is 0 Å². The van der Waals surface area contributed by atoms with Gasteiger partial charge in [-0.15, -0.1) is 70.0 Å². The van der Waals surface area contributed by atoms with Crippen molar-refractivity contribution < 1.29 is 46.5 Å². The molecule has 0 atom stereocenters. The molecule has 0 amide bonds. The summed E-state index contributed by atoms with van der Waals surface area (Å²) in [6.07, 6.45) is 14.1. The molecule has 0 aliphatic rings. The van der Waals surface area contributed by atoms with Crippen molar-refractivity contribution in [2.45, 2.75) is 65.2 Å². The van der Waals surface area contributed by atoms with E-state index in [1.54, 1.807) is 5.30 Å². The van der Waals surface area contributed by atoms with Crippen LogP contribution < -0.4 is 30.1 Å². The van der Waals surface area contributed by atoms with E-state index in [0.717, 1.165) is 0 Å². The maximum atomic E-state index is 2.47. The Hall–Kier alpha value is -0.616. The minimum Gasteiger partial charge on any atom is -1.00 e. The normalized spacial score (nSPS) is 10.2. The van der Waals surface area contributed by atoms with Gasteiger partial charge < -0.3 is 24.8 Å². The minimum absolute atomic E-state index is 0. The molecule has 0 aromatic heterocycles. The number of benzene rings is 2. The zero-order valence-corrected chi connectivity index (χ0v) is 24.7. The Bertz CT molecular complexity index is 932. The second-order valence-corrected chi connectivity index (χ2v) is 11.1. The maximum Gasteiger partial charge on any atom is 4.00 e. The fourth-order valence-electron chi connectivity index (χ4n) is 4.22. The Labute approximate surface area is 236 Å². The Morgan fingerprint density at radius 3 is 1.76 bits per heavy atom. The van der Waals surface area contributed by atoms with Crippen LogP contribution in [0.3, 0.4) is 0 Å². The molecule has 4 rings (SSSR count). The van der Waals surface area contributed by atoms with Gasteiger partial charge in [0.2, 0.25) is 0 Å². The van der Waals surface area contributed by atoms with Gasteiger partial charge in [-0.2, -0.15) is 23.6 Å². The summed E-state index contributed by atoms with van der Waals surface area (Å²) in [6.45, 7) is 4.61. The molecular weight excluding hydrogens is 510 g/mol. The van der Waals surface area contributed by atoms with Crippen molar-refractivity contribution in [2.75, 3.05) is 12.3 Å². The van der Waals surface area contributed by atoms with Gasteiger partial charge in [0, 0.05) is 0 Å². The fraction of sp³-hybridized carbons (Fsp3) is 0.400. The van der Waals surface area contributed by atoms with E-state index in [2.05, 4.69) is 92.7 Å². The van der Waals surface area contributed by atoms with Crippen LogP contribution in [0.5, 0.6) is 0 Å². The average Bonchev–Trinajstić information content (AvgIpc) is 3.45. The molecular formula is C30H39Cl2PTi. The standard InChI is InChI=1S/C21H32P.C9H7.2ClH.Ti/c1-3-5-7-11-15-22(16-12-8-6-4-2)21-17-19-13-9-10-14-20(19)18-21;1-2-5-9-7-3-6-8(9)4-1;;;/h9-10,13-14,17-18H,3-8,11-12,15-16H2,1-2H3;1-7H;2*1H;/q2*-1;;;+4/p-2. The number of halogens is 2. The Morgan fingerprint density at radius 2 is 1.21 bits per heavy atom. The van der Waals surface area contributed by atoms with Gasteiger partial charge in [-0.1, -0.05) is 72.4 Å². The van der Waals surface area contributed by atoms with E-state index in [9.17, 15) is 0 Å². The first kappa shape index (κ1) is 33.4. The monoisotopic (exact) mass is 548 g/mol. The number of fused-ring (bicyclic) bond motifs is 2. The largest absolute Gasteiger partial charge is 4.00 e. The van der Waals surface area contributed by atoms with Crippen LogP contribution in [0.25, 0.3) is 21.5 Å². The average molecular weight is 549 g/mol. The van der Waals surface area contributed by atoms with E-state index in [1.807, 2.05) is 0 Å². The molecule has 0 fully saturated rings. The van der Waals surface area contributed by atoms with E-state index in [1.165, 1.54) is 85.2 Å². The SMILES string of the molecule is CCCCCCP(CCCCCC)c1cc2ccccc2[cH-]1.[Cl-].[Cl-].[Ti+4].c1ccc2[cH-]ccc2c1. The molecule has 4 aromatic carbocycles. The van der Waals surface area contributed by atoms with Crippen molar-refractivity contribution in [2.24, 2.45) is 0 Å². The molecule has 0 unspecified atom stereocenters. The smallest absolute Gasteiger partial charge is 1.00 e. The van der Waals surface area contributed by atoms with Gasteiger partial charge in [0.15, 0.2) is 0 Å². The first-order valence-corrected chi connectivity index (χ1v) is 14.0. The molecule has 0 aliphatic heterocycles. The number of unbranched alkanes of at least 4 members (excludes halogenated alkanes) is 6. The number of rotatable bonds is 11. The van der Waals surface area contributed by atoms with Gasteiger partial charge in [0.05, 0.1) is 0 Å². The summed E-state index contributed by atoms with van der Waals surface area (Å²) in [5.41, 5.74) is 0. The van der Waals surface area contributed by atoms with E-state index in [4.69, 9.17) is 0 Å². The second-order valence-electron chi connectivity index (χ2n) is 8.61. The molecule has 0 saturated carbocycles. The molecule has 0 bridgehead atoms. The molecule has 0 aliphatic carbocycles. The summed E-state index contributed by atoms with van der Waals surface area (Å²) in [6, 6.07) is 28.5. The van der Waals surface area contributed by atoms with Gasteiger partial charge in [0.25, 0.3) is 0 Å². The van der Waals surface area contributed by atoms with Crippen LogP contribution in [0.2, 0.25) is 0 Å². The molecule has 0 radical (unpaired) electrons. The molecule has 0 N–H and O–H groups in total. The van der Waals surface area contributed by atoms with Gasteiger partial charge >= 0.3 is 21.7 Å². The first-order valence-electron chi connectivity index (χ1n) is 12.3. The Kier molecular flexibility index (Phi) is 19.2. The maximum absolute atomic E-state index is 2.47. The van der Waals surface area contributed by atoms with Gasteiger partial charge in [-0.3, -0.25) is 0 Å². The third-order valence-corrected chi connectivity index (χ3v) is 8.78. The van der Waals surface area contributed by atoms with E-state index >= 15 is 0 Å². The zero-order valence-electron chi connectivity index (χ0n) is 20.8. The summed E-state index contributed by atoms with van der Waals surface area (Å²) in [4.78, 5) is 0.